The number of carbonyl (C=O) groups is 2. The summed E-state index contributed by atoms with van der Waals surface area (Å²) in [6.07, 6.45) is 9.41. The molecule has 2 aromatic rings. The maximum atomic E-state index is 14.0. The van der Waals surface area contributed by atoms with Gasteiger partial charge in [-0.3, -0.25) is 9.59 Å². The summed E-state index contributed by atoms with van der Waals surface area (Å²) in [6, 6.07) is 7.46. The summed E-state index contributed by atoms with van der Waals surface area (Å²) in [4.78, 5) is 35.1. The van der Waals surface area contributed by atoms with E-state index in [1.54, 1.807) is 33.9 Å². The number of sulfonamides is 1. The summed E-state index contributed by atoms with van der Waals surface area (Å²) in [6.45, 7) is 6.78. The number of aliphatic hydroxyl groups is 1. The van der Waals surface area contributed by atoms with Crippen molar-refractivity contribution in [3.63, 3.8) is 0 Å². The van der Waals surface area contributed by atoms with Crippen molar-refractivity contribution in [2.45, 2.75) is 121 Å². The number of nitrogens with one attached hydrogen (secondary N) is 4. The summed E-state index contributed by atoms with van der Waals surface area (Å²) in [5.74, 6) is -2.06. The van der Waals surface area contributed by atoms with Crippen LogP contribution < -0.4 is 15.4 Å². The average Bonchev–Trinajstić information content (AvgIpc) is 3.55. The van der Waals surface area contributed by atoms with Crippen LogP contribution in [-0.2, 0) is 42.3 Å². The number of aromatic nitrogens is 2. The standard InChI is InChI=1S/C35H57N5O7S2/c1-5-19-49(46,47)38-18-12-17-32(41)30(21-27-15-10-7-11-16-27)39-34(43)31(22-29-23-36-25-37-29)40-33(42)28(20-26-13-8-6-9-14-26)24-48(44,45)35(2,3)4/h6,8-9,13-14,23,25,27-28,30-32,38,41H,5,7,10-12,15-22,24H2,1-4H3,(H,36,37)(H,39,43)(H,40,42)/t28?,30-,31?,32-/m0/s1. The highest BCUT2D eigenvalue weighted by molar-refractivity contribution is 7.92. The topological polar surface area (TPSA) is 187 Å². The van der Waals surface area contributed by atoms with E-state index < -0.39 is 60.5 Å². The van der Waals surface area contributed by atoms with E-state index in [9.17, 15) is 31.5 Å². The third-order valence-corrected chi connectivity index (χ3v) is 13.5. The Labute approximate surface area is 293 Å². The van der Waals surface area contributed by atoms with Gasteiger partial charge in [-0.2, -0.15) is 0 Å². The van der Waals surface area contributed by atoms with Crippen LogP contribution in [0.25, 0.3) is 0 Å². The predicted molar refractivity (Wildman–Crippen MR) is 192 cm³/mol. The van der Waals surface area contributed by atoms with Gasteiger partial charge in [0, 0.05) is 19.2 Å². The lowest BCUT2D eigenvalue weighted by Crippen LogP contribution is -2.55. The smallest absolute Gasteiger partial charge is 0.243 e. The fraction of sp³-hybridized carbons (Fsp3) is 0.686. The van der Waals surface area contributed by atoms with Gasteiger partial charge in [-0.25, -0.2) is 26.5 Å². The third-order valence-electron chi connectivity index (χ3n) is 9.23. The summed E-state index contributed by atoms with van der Waals surface area (Å²) in [7, 11) is -7.07. The number of hydrogen-bond donors (Lipinski definition) is 5. The van der Waals surface area contributed by atoms with Gasteiger partial charge in [-0.15, -0.1) is 0 Å². The Bertz CT molecular complexity index is 1500. The molecule has 2 unspecified atom stereocenters. The predicted octanol–water partition coefficient (Wildman–Crippen LogP) is 3.43. The number of nitrogens with zero attached hydrogens (tertiary/aromatic N) is 1. The van der Waals surface area contributed by atoms with Crippen molar-refractivity contribution in [1.82, 2.24) is 25.3 Å². The molecule has 0 aliphatic heterocycles. The molecule has 5 N–H and O–H groups in total. The molecule has 4 atom stereocenters. The Kier molecular flexibility index (Phi) is 15.7. The van der Waals surface area contributed by atoms with Crippen LogP contribution in [0.15, 0.2) is 42.9 Å². The minimum absolute atomic E-state index is 0.0351. The first-order valence-corrected chi connectivity index (χ1v) is 20.9. The van der Waals surface area contributed by atoms with Crippen molar-refractivity contribution < 1.29 is 31.5 Å². The van der Waals surface area contributed by atoms with E-state index in [0.29, 0.717) is 30.9 Å². The van der Waals surface area contributed by atoms with Gasteiger partial charge in [-0.1, -0.05) is 69.4 Å². The van der Waals surface area contributed by atoms with Gasteiger partial charge in [-0.05, 0) is 64.4 Å². The Morgan fingerprint density at radius 1 is 1.00 bits per heavy atom. The minimum Gasteiger partial charge on any atom is -0.391 e. The number of aromatic amines is 1. The van der Waals surface area contributed by atoms with E-state index in [4.69, 9.17) is 0 Å². The monoisotopic (exact) mass is 723 g/mol. The Morgan fingerprint density at radius 3 is 2.31 bits per heavy atom. The molecule has 276 valence electrons. The number of sulfone groups is 1. The van der Waals surface area contributed by atoms with Gasteiger partial charge < -0.3 is 20.7 Å². The summed E-state index contributed by atoms with van der Waals surface area (Å²) in [5, 5.41) is 17.2. The van der Waals surface area contributed by atoms with E-state index in [1.807, 2.05) is 30.3 Å². The van der Waals surface area contributed by atoms with Crippen LogP contribution in [0.3, 0.4) is 0 Å². The van der Waals surface area contributed by atoms with Crippen LogP contribution in [0.5, 0.6) is 0 Å². The van der Waals surface area contributed by atoms with Crippen molar-refractivity contribution >= 4 is 31.7 Å². The second-order valence-corrected chi connectivity index (χ2v) is 19.1. The molecule has 1 aromatic heterocycles. The largest absolute Gasteiger partial charge is 0.391 e. The first kappa shape index (κ1) is 40.6. The number of aliphatic hydroxyl groups excluding tert-OH is 1. The molecule has 0 saturated heterocycles. The molecule has 14 heteroatoms. The van der Waals surface area contributed by atoms with Gasteiger partial charge in [0.2, 0.25) is 21.8 Å². The van der Waals surface area contributed by atoms with Gasteiger partial charge in [0.1, 0.15) is 6.04 Å². The maximum Gasteiger partial charge on any atom is 0.243 e. The van der Waals surface area contributed by atoms with Crippen LogP contribution in [0.1, 0.15) is 96.7 Å². The average molecular weight is 724 g/mol. The van der Waals surface area contributed by atoms with Crippen LogP contribution in [0, 0.1) is 11.8 Å². The van der Waals surface area contributed by atoms with Gasteiger partial charge in [0.15, 0.2) is 9.84 Å². The fourth-order valence-electron chi connectivity index (χ4n) is 6.21. The number of rotatable bonds is 20. The highest BCUT2D eigenvalue weighted by atomic mass is 32.2. The molecule has 0 bridgehead atoms. The second-order valence-electron chi connectivity index (χ2n) is 14.4. The second kappa shape index (κ2) is 19.0. The molecule has 0 spiro atoms. The quantitative estimate of drug-likeness (QED) is 0.129. The van der Waals surface area contributed by atoms with Crippen molar-refractivity contribution in [3.05, 3.63) is 54.1 Å². The van der Waals surface area contributed by atoms with E-state index in [-0.39, 0.29) is 37.3 Å². The maximum absolute atomic E-state index is 14.0. The summed E-state index contributed by atoms with van der Waals surface area (Å²) in [5.41, 5.74) is 1.33. The summed E-state index contributed by atoms with van der Waals surface area (Å²) >= 11 is 0. The fourth-order valence-corrected chi connectivity index (χ4v) is 8.65. The number of hydrogen-bond acceptors (Lipinski definition) is 8. The summed E-state index contributed by atoms with van der Waals surface area (Å²) < 4.78 is 52.3. The Balaban J connectivity index is 1.81. The Hall–Kier alpha value is -2.81. The van der Waals surface area contributed by atoms with Crippen molar-refractivity contribution in [2.75, 3.05) is 18.1 Å². The Morgan fingerprint density at radius 2 is 1.69 bits per heavy atom. The lowest BCUT2D eigenvalue weighted by atomic mass is 9.83. The highest BCUT2D eigenvalue weighted by Crippen LogP contribution is 2.29. The lowest BCUT2D eigenvalue weighted by molar-refractivity contribution is -0.131. The van der Waals surface area contributed by atoms with E-state index >= 15 is 0 Å². The van der Waals surface area contributed by atoms with Crippen LogP contribution in [0.4, 0.5) is 0 Å². The van der Waals surface area contributed by atoms with Crippen molar-refractivity contribution in [1.29, 1.82) is 0 Å². The number of H-pyrrole nitrogens is 1. The number of imidazole rings is 1. The van der Waals surface area contributed by atoms with E-state index in [2.05, 4.69) is 25.3 Å². The van der Waals surface area contributed by atoms with Crippen molar-refractivity contribution in [3.8, 4) is 0 Å². The molecule has 1 aliphatic carbocycles. The zero-order valence-electron chi connectivity index (χ0n) is 29.5. The molecule has 1 saturated carbocycles. The molecule has 2 amide bonds. The molecule has 49 heavy (non-hydrogen) atoms. The van der Waals surface area contributed by atoms with E-state index in [1.165, 1.54) is 6.33 Å². The molecule has 0 radical (unpaired) electrons. The molecule has 12 nitrogen and oxygen atoms in total. The van der Waals surface area contributed by atoms with Gasteiger partial charge >= 0.3 is 0 Å². The molecule has 1 fully saturated rings. The normalized spacial score (nSPS) is 17.2. The number of benzene rings is 1. The third kappa shape index (κ3) is 13.8. The highest BCUT2D eigenvalue weighted by Gasteiger charge is 2.36. The SMILES string of the molecule is CCCS(=O)(=O)NCCC[C@H](O)[C@H](CC1CCCCC1)NC(=O)C(Cc1c[nH]cn1)NC(=O)C(Cc1ccccc1)CS(=O)(=O)C(C)(C)C. The zero-order chi connectivity index (χ0) is 36.1. The lowest BCUT2D eigenvalue weighted by Gasteiger charge is -2.32. The van der Waals surface area contributed by atoms with E-state index in [0.717, 1.165) is 37.7 Å². The zero-order valence-corrected chi connectivity index (χ0v) is 31.1. The molecular weight excluding hydrogens is 667 g/mol. The van der Waals surface area contributed by atoms with Crippen molar-refractivity contribution in [2.24, 2.45) is 11.8 Å². The van der Waals surface area contributed by atoms with Crippen LogP contribution >= 0.6 is 0 Å². The van der Waals surface area contributed by atoms with Crippen LogP contribution in [0.2, 0.25) is 0 Å². The first-order valence-electron chi connectivity index (χ1n) is 17.6. The molecule has 3 rings (SSSR count). The minimum atomic E-state index is -3.69. The van der Waals surface area contributed by atoms with Gasteiger partial charge in [0.05, 0.1) is 46.3 Å². The first-order chi connectivity index (χ1) is 23.1. The molecular formula is C35H57N5O7S2. The molecule has 1 aromatic carbocycles. The van der Waals surface area contributed by atoms with Gasteiger partial charge in [0.25, 0.3) is 0 Å². The number of amides is 2. The molecule has 1 aliphatic rings. The number of carbonyl (C=O) groups excluding carboxylic acids is 2. The molecule has 1 heterocycles. The van der Waals surface area contributed by atoms with Crippen LogP contribution in [-0.4, -0.2) is 84.7 Å².